The highest BCUT2D eigenvalue weighted by Gasteiger charge is 2.41. The molecule has 1 atom stereocenters. The average molecular weight is 252 g/mol. The summed E-state index contributed by atoms with van der Waals surface area (Å²) in [7, 11) is 0. The van der Waals surface area contributed by atoms with Crippen molar-refractivity contribution in [3.8, 4) is 0 Å². The third-order valence-electron chi connectivity index (χ3n) is 4.94. The zero-order valence-corrected chi connectivity index (χ0v) is 12.0. The van der Waals surface area contributed by atoms with Crippen molar-refractivity contribution in [2.75, 3.05) is 19.6 Å². The first-order valence-electron chi connectivity index (χ1n) is 7.59. The Balaban J connectivity index is 1.89. The Kier molecular flexibility index (Phi) is 4.31. The maximum Gasteiger partial charge on any atom is 0.227 e. The largest absolute Gasteiger partial charge is 0.355 e. The van der Waals surface area contributed by atoms with Crippen LogP contribution in [0.5, 0.6) is 0 Å². The van der Waals surface area contributed by atoms with Crippen molar-refractivity contribution in [1.29, 1.82) is 0 Å². The Labute approximate surface area is 111 Å². The lowest BCUT2D eigenvalue weighted by molar-refractivity contribution is -0.131. The van der Waals surface area contributed by atoms with Crippen molar-refractivity contribution >= 4 is 5.91 Å². The van der Waals surface area contributed by atoms with Crippen LogP contribution in [0.2, 0.25) is 0 Å². The van der Waals surface area contributed by atoms with Crippen LogP contribution in [0, 0.1) is 10.8 Å². The fraction of sp³-hybridized carbons (Fsp3) is 0.933. The molecule has 0 aromatic heterocycles. The number of amides is 1. The second kappa shape index (κ2) is 5.60. The predicted molar refractivity (Wildman–Crippen MR) is 74.4 cm³/mol. The molecular formula is C15H28N2O. The van der Waals surface area contributed by atoms with E-state index in [1.165, 1.54) is 25.7 Å². The van der Waals surface area contributed by atoms with Gasteiger partial charge in [-0.25, -0.2) is 0 Å². The summed E-state index contributed by atoms with van der Waals surface area (Å²) in [6.07, 6.45) is 8.30. The van der Waals surface area contributed by atoms with E-state index in [0.29, 0.717) is 11.3 Å². The Bertz CT molecular complexity index is 289. The van der Waals surface area contributed by atoms with Crippen LogP contribution in [-0.2, 0) is 4.79 Å². The van der Waals surface area contributed by atoms with E-state index in [2.05, 4.69) is 24.5 Å². The lowest BCUT2D eigenvalue weighted by Gasteiger charge is -2.30. The minimum Gasteiger partial charge on any atom is -0.355 e. The van der Waals surface area contributed by atoms with Gasteiger partial charge in [-0.05, 0) is 37.6 Å². The van der Waals surface area contributed by atoms with Crippen LogP contribution in [0.25, 0.3) is 0 Å². The molecule has 2 aliphatic rings. The van der Waals surface area contributed by atoms with E-state index in [1.807, 2.05) is 0 Å². The molecule has 3 heteroatoms. The van der Waals surface area contributed by atoms with Gasteiger partial charge >= 0.3 is 0 Å². The number of rotatable bonds is 5. The first kappa shape index (κ1) is 13.9. The molecule has 104 valence electrons. The van der Waals surface area contributed by atoms with Crippen molar-refractivity contribution in [2.24, 2.45) is 10.8 Å². The van der Waals surface area contributed by atoms with Crippen LogP contribution >= 0.6 is 0 Å². The molecule has 0 aromatic rings. The van der Waals surface area contributed by atoms with E-state index < -0.39 is 0 Å². The van der Waals surface area contributed by atoms with Gasteiger partial charge in [0, 0.05) is 13.1 Å². The summed E-state index contributed by atoms with van der Waals surface area (Å²) in [6.45, 7) is 7.22. The number of carbonyl (C=O) groups excluding carboxylic acids is 1. The van der Waals surface area contributed by atoms with Crippen molar-refractivity contribution in [2.45, 2.75) is 58.8 Å². The lowest BCUT2D eigenvalue weighted by atomic mass is 9.81. The van der Waals surface area contributed by atoms with Gasteiger partial charge in [0.25, 0.3) is 0 Å². The Morgan fingerprint density at radius 3 is 2.56 bits per heavy atom. The van der Waals surface area contributed by atoms with Gasteiger partial charge in [-0.15, -0.1) is 0 Å². The molecule has 1 amide bonds. The molecule has 18 heavy (non-hydrogen) atoms. The first-order chi connectivity index (χ1) is 8.60. The van der Waals surface area contributed by atoms with Crippen LogP contribution in [0.15, 0.2) is 0 Å². The van der Waals surface area contributed by atoms with E-state index >= 15 is 0 Å². The number of hydrogen-bond acceptors (Lipinski definition) is 2. The molecule has 1 aliphatic heterocycles. The molecule has 0 aromatic carbocycles. The summed E-state index contributed by atoms with van der Waals surface area (Å²) < 4.78 is 0. The highest BCUT2D eigenvalue weighted by Crippen LogP contribution is 2.37. The Hall–Kier alpha value is -0.570. The summed E-state index contributed by atoms with van der Waals surface area (Å²) in [4.78, 5) is 12.5. The molecule has 3 nitrogen and oxygen atoms in total. The van der Waals surface area contributed by atoms with Crippen molar-refractivity contribution < 1.29 is 4.79 Å². The quantitative estimate of drug-likeness (QED) is 0.789. The van der Waals surface area contributed by atoms with Crippen molar-refractivity contribution in [3.63, 3.8) is 0 Å². The van der Waals surface area contributed by atoms with Crippen LogP contribution < -0.4 is 10.6 Å². The van der Waals surface area contributed by atoms with Gasteiger partial charge in [0.05, 0.1) is 5.41 Å². The van der Waals surface area contributed by atoms with Gasteiger partial charge in [0.1, 0.15) is 0 Å². The number of carbonyl (C=O) groups is 1. The van der Waals surface area contributed by atoms with Gasteiger partial charge in [0.2, 0.25) is 5.91 Å². The monoisotopic (exact) mass is 252 g/mol. The molecule has 1 saturated carbocycles. The summed E-state index contributed by atoms with van der Waals surface area (Å²) in [5.41, 5.74) is 0.235. The van der Waals surface area contributed by atoms with E-state index in [4.69, 9.17) is 0 Å². The molecule has 0 bridgehead atoms. The fourth-order valence-corrected chi connectivity index (χ4v) is 3.63. The smallest absolute Gasteiger partial charge is 0.227 e. The van der Waals surface area contributed by atoms with E-state index in [-0.39, 0.29) is 5.41 Å². The fourth-order valence-electron chi connectivity index (χ4n) is 3.63. The first-order valence-corrected chi connectivity index (χ1v) is 7.59. The van der Waals surface area contributed by atoms with Crippen LogP contribution in [0.4, 0.5) is 0 Å². The van der Waals surface area contributed by atoms with Gasteiger partial charge in [-0.2, -0.15) is 0 Å². The zero-order valence-electron chi connectivity index (χ0n) is 12.0. The standard InChI is InChI=1S/C15H28N2O/c1-3-6-15(9-10-16-12-15)13(18)17-11-14(2)7-4-5-8-14/h16H,3-12H2,1-2H3,(H,17,18). The Morgan fingerprint density at radius 2 is 2.00 bits per heavy atom. The molecule has 1 aliphatic carbocycles. The summed E-state index contributed by atoms with van der Waals surface area (Å²) in [5, 5.41) is 6.61. The number of nitrogens with one attached hydrogen (secondary N) is 2. The maximum atomic E-state index is 12.5. The zero-order chi connectivity index (χ0) is 13.1. The maximum absolute atomic E-state index is 12.5. The van der Waals surface area contributed by atoms with Crippen LogP contribution in [0.1, 0.15) is 58.8 Å². The molecule has 0 radical (unpaired) electrons. The molecule has 0 spiro atoms. The summed E-state index contributed by atoms with van der Waals surface area (Å²) >= 11 is 0. The normalized spacial score (nSPS) is 30.6. The SMILES string of the molecule is CCCC1(C(=O)NCC2(C)CCCC2)CCNC1. The predicted octanol–water partition coefficient (Wildman–Crippen LogP) is 2.46. The molecule has 2 fully saturated rings. The second-order valence-corrected chi connectivity index (χ2v) is 6.66. The molecule has 1 unspecified atom stereocenters. The van der Waals surface area contributed by atoms with E-state index in [9.17, 15) is 4.79 Å². The Morgan fingerprint density at radius 1 is 1.28 bits per heavy atom. The third-order valence-corrected chi connectivity index (χ3v) is 4.94. The third kappa shape index (κ3) is 2.87. The minimum atomic E-state index is -0.121. The highest BCUT2D eigenvalue weighted by molar-refractivity contribution is 5.83. The molecule has 2 N–H and O–H groups in total. The molecule has 2 rings (SSSR count). The minimum absolute atomic E-state index is 0.121. The summed E-state index contributed by atoms with van der Waals surface area (Å²) in [5.74, 6) is 0.294. The van der Waals surface area contributed by atoms with Gasteiger partial charge in [0.15, 0.2) is 0 Å². The average Bonchev–Trinajstić information content (AvgIpc) is 2.97. The van der Waals surface area contributed by atoms with Crippen molar-refractivity contribution in [3.05, 3.63) is 0 Å². The molecular weight excluding hydrogens is 224 g/mol. The van der Waals surface area contributed by atoms with Gasteiger partial charge < -0.3 is 10.6 Å². The molecule has 1 saturated heterocycles. The highest BCUT2D eigenvalue weighted by atomic mass is 16.2. The van der Waals surface area contributed by atoms with Gasteiger partial charge in [-0.3, -0.25) is 4.79 Å². The van der Waals surface area contributed by atoms with E-state index in [1.54, 1.807) is 0 Å². The lowest BCUT2D eigenvalue weighted by Crippen LogP contribution is -2.45. The van der Waals surface area contributed by atoms with Gasteiger partial charge in [-0.1, -0.05) is 33.1 Å². The second-order valence-electron chi connectivity index (χ2n) is 6.66. The van der Waals surface area contributed by atoms with Crippen LogP contribution in [-0.4, -0.2) is 25.5 Å². The van der Waals surface area contributed by atoms with Crippen molar-refractivity contribution in [1.82, 2.24) is 10.6 Å². The number of hydrogen-bond donors (Lipinski definition) is 2. The summed E-state index contributed by atoms with van der Waals surface area (Å²) in [6, 6.07) is 0. The van der Waals surface area contributed by atoms with E-state index in [0.717, 1.165) is 38.9 Å². The topological polar surface area (TPSA) is 41.1 Å². The van der Waals surface area contributed by atoms with Crippen LogP contribution in [0.3, 0.4) is 0 Å². The molecule has 1 heterocycles.